The second kappa shape index (κ2) is 6.91. The van der Waals surface area contributed by atoms with Gasteiger partial charge in [-0.1, -0.05) is 18.2 Å². The Balaban J connectivity index is 1.53. The SMILES string of the molecule is OC(CNC1CC=CC1)COCc1cccs1. The highest BCUT2D eigenvalue weighted by atomic mass is 32.1. The van der Waals surface area contributed by atoms with E-state index in [1.165, 1.54) is 4.88 Å². The fraction of sp³-hybridized carbons (Fsp3) is 0.538. The van der Waals surface area contributed by atoms with Crippen LogP contribution in [0, 0.1) is 0 Å². The van der Waals surface area contributed by atoms with E-state index >= 15 is 0 Å². The summed E-state index contributed by atoms with van der Waals surface area (Å²) in [7, 11) is 0. The monoisotopic (exact) mass is 253 g/mol. The second-order valence-corrected chi connectivity index (χ2v) is 5.33. The van der Waals surface area contributed by atoms with Crippen LogP contribution in [-0.4, -0.2) is 30.4 Å². The van der Waals surface area contributed by atoms with Crippen LogP contribution in [0.1, 0.15) is 17.7 Å². The zero-order valence-electron chi connectivity index (χ0n) is 9.84. The third-order valence-corrected chi connectivity index (χ3v) is 3.63. The molecule has 1 aliphatic carbocycles. The molecule has 1 aromatic heterocycles. The Morgan fingerprint density at radius 2 is 2.29 bits per heavy atom. The van der Waals surface area contributed by atoms with E-state index in [1.807, 2.05) is 17.5 Å². The summed E-state index contributed by atoms with van der Waals surface area (Å²) >= 11 is 1.68. The van der Waals surface area contributed by atoms with Crippen LogP contribution in [-0.2, 0) is 11.3 Å². The Morgan fingerprint density at radius 3 is 3.00 bits per heavy atom. The van der Waals surface area contributed by atoms with Gasteiger partial charge in [0, 0.05) is 17.5 Å². The topological polar surface area (TPSA) is 41.5 Å². The highest BCUT2D eigenvalue weighted by Crippen LogP contribution is 2.10. The summed E-state index contributed by atoms with van der Waals surface area (Å²) in [4.78, 5) is 1.20. The van der Waals surface area contributed by atoms with Gasteiger partial charge in [-0.15, -0.1) is 11.3 Å². The van der Waals surface area contributed by atoms with Crippen molar-refractivity contribution in [2.75, 3.05) is 13.2 Å². The van der Waals surface area contributed by atoms with E-state index in [4.69, 9.17) is 4.74 Å². The van der Waals surface area contributed by atoms with Crippen molar-refractivity contribution in [1.82, 2.24) is 5.32 Å². The van der Waals surface area contributed by atoms with Crippen LogP contribution < -0.4 is 5.32 Å². The normalized spacial score (nSPS) is 17.7. The predicted molar refractivity (Wildman–Crippen MR) is 70.1 cm³/mol. The molecule has 2 rings (SSSR count). The zero-order chi connectivity index (χ0) is 11.9. The summed E-state index contributed by atoms with van der Waals surface area (Å²) in [5.74, 6) is 0. The van der Waals surface area contributed by atoms with Crippen molar-refractivity contribution >= 4 is 11.3 Å². The van der Waals surface area contributed by atoms with Crippen LogP contribution in [0.3, 0.4) is 0 Å². The van der Waals surface area contributed by atoms with E-state index in [0.717, 1.165) is 12.8 Å². The number of hydrogen-bond acceptors (Lipinski definition) is 4. The molecule has 1 aliphatic rings. The molecule has 1 aromatic rings. The Labute approximate surface area is 106 Å². The number of thiophene rings is 1. The lowest BCUT2D eigenvalue weighted by atomic mass is 10.2. The number of nitrogens with one attached hydrogen (secondary N) is 1. The number of rotatable bonds is 7. The molecule has 0 saturated heterocycles. The molecule has 1 atom stereocenters. The van der Waals surface area contributed by atoms with Gasteiger partial charge >= 0.3 is 0 Å². The van der Waals surface area contributed by atoms with Gasteiger partial charge in [-0.25, -0.2) is 0 Å². The summed E-state index contributed by atoms with van der Waals surface area (Å²) in [6.07, 6.45) is 6.08. The minimum Gasteiger partial charge on any atom is -0.389 e. The predicted octanol–water partition coefficient (Wildman–Crippen LogP) is 1.93. The molecule has 0 bridgehead atoms. The highest BCUT2D eigenvalue weighted by molar-refractivity contribution is 7.09. The van der Waals surface area contributed by atoms with Gasteiger partial charge < -0.3 is 15.2 Å². The van der Waals surface area contributed by atoms with E-state index in [1.54, 1.807) is 11.3 Å². The van der Waals surface area contributed by atoms with Crippen LogP contribution in [0.25, 0.3) is 0 Å². The average Bonchev–Trinajstić information content (AvgIpc) is 2.99. The van der Waals surface area contributed by atoms with Crippen LogP contribution in [0.2, 0.25) is 0 Å². The van der Waals surface area contributed by atoms with Gasteiger partial charge in [0.15, 0.2) is 0 Å². The molecule has 0 fully saturated rings. The quantitative estimate of drug-likeness (QED) is 0.730. The molecule has 0 radical (unpaired) electrons. The lowest BCUT2D eigenvalue weighted by Gasteiger charge is -2.16. The molecule has 0 aromatic carbocycles. The molecule has 1 heterocycles. The second-order valence-electron chi connectivity index (χ2n) is 4.30. The Hall–Kier alpha value is -0.680. The maximum atomic E-state index is 9.73. The molecular formula is C13H19NO2S. The zero-order valence-corrected chi connectivity index (χ0v) is 10.7. The molecule has 1 unspecified atom stereocenters. The fourth-order valence-corrected chi connectivity index (χ4v) is 2.48. The summed E-state index contributed by atoms with van der Waals surface area (Å²) < 4.78 is 5.46. The summed E-state index contributed by atoms with van der Waals surface area (Å²) in [6, 6.07) is 4.55. The highest BCUT2D eigenvalue weighted by Gasteiger charge is 2.11. The minimum atomic E-state index is -0.421. The fourth-order valence-electron chi connectivity index (χ4n) is 1.84. The molecule has 3 nitrogen and oxygen atoms in total. The molecule has 2 N–H and O–H groups in total. The van der Waals surface area contributed by atoms with Crippen molar-refractivity contribution < 1.29 is 9.84 Å². The van der Waals surface area contributed by atoms with E-state index in [9.17, 15) is 5.11 Å². The Morgan fingerprint density at radius 1 is 1.47 bits per heavy atom. The number of hydrogen-bond donors (Lipinski definition) is 2. The van der Waals surface area contributed by atoms with Crippen molar-refractivity contribution in [2.45, 2.75) is 31.6 Å². The molecule has 4 heteroatoms. The first-order valence-electron chi connectivity index (χ1n) is 6.01. The van der Waals surface area contributed by atoms with Crippen molar-refractivity contribution in [3.63, 3.8) is 0 Å². The van der Waals surface area contributed by atoms with Crippen LogP contribution >= 0.6 is 11.3 Å². The molecule has 17 heavy (non-hydrogen) atoms. The first-order chi connectivity index (χ1) is 8.34. The Bertz CT molecular complexity index is 329. The summed E-state index contributed by atoms with van der Waals surface area (Å²) in [5, 5.41) is 15.1. The lowest BCUT2D eigenvalue weighted by molar-refractivity contribution is 0.0287. The summed E-state index contributed by atoms with van der Waals surface area (Å²) in [6.45, 7) is 1.60. The van der Waals surface area contributed by atoms with Gasteiger partial charge in [0.2, 0.25) is 0 Å². The number of aliphatic hydroxyl groups is 1. The maximum absolute atomic E-state index is 9.73. The third-order valence-electron chi connectivity index (χ3n) is 2.78. The molecule has 94 valence electrons. The van der Waals surface area contributed by atoms with Gasteiger partial charge in [0.1, 0.15) is 0 Å². The smallest absolute Gasteiger partial charge is 0.0897 e. The van der Waals surface area contributed by atoms with E-state index in [-0.39, 0.29) is 0 Å². The summed E-state index contributed by atoms with van der Waals surface area (Å²) in [5.41, 5.74) is 0. The van der Waals surface area contributed by atoms with Crippen LogP contribution in [0.15, 0.2) is 29.7 Å². The maximum Gasteiger partial charge on any atom is 0.0897 e. The first-order valence-corrected chi connectivity index (χ1v) is 6.89. The molecular weight excluding hydrogens is 234 g/mol. The largest absolute Gasteiger partial charge is 0.389 e. The molecule has 0 amide bonds. The van der Waals surface area contributed by atoms with Gasteiger partial charge in [-0.2, -0.15) is 0 Å². The van der Waals surface area contributed by atoms with E-state index in [2.05, 4.69) is 17.5 Å². The van der Waals surface area contributed by atoms with Gasteiger partial charge in [0.05, 0.1) is 19.3 Å². The standard InChI is InChI=1S/C13H19NO2S/c15-12(8-14-11-4-1-2-5-11)9-16-10-13-6-3-7-17-13/h1-3,6-7,11-12,14-15H,4-5,8-10H2. The van der Waals surface area contributed by atoms with Crippen molar-refractivity contribution in [1.29, 1.82) is 0 Å². The number of ether oxygens (including phenoxy) is 1. The molecule has 0 aliphatic heterocycles. The van der Waals surface area contributed by atoms with E-state index in [0.29, 0.717) is 25.8 Å². The van der Waals surface area contributed by atoms with Crippen molar-refractivity contribution in [3.05, 3.63) is 34.5 Å². The van der Waals surface area contributed by atoms with Gasteiger partial charge in [-0.05, 0) is 24.3 Å². The average molecular weight is 253 g/mol. The number of aliphatic hydroxyl groups excluding tert-OH is 1. The third kappa shape index (κ3) is 4.60. The minimum absolute atomic E-state index is 0.394. The van der Waals surface area contributed by atoms with Gasteiger partial charge in [-0.3, -0.25) is 0 Å². The van der Waals surface area contributed by atoms with Gasteiger partial charge in [0.25, 0.3) is 0 Å². The van der Waals surface area contributed by atoms with Crippen molar-refractivity contribution in [2.24, 2.45) is 0 Å². The van der Waals surface area contributed by atoms with Crippen LogP contribution in [0.4, 0.5) is 0 Å². The van der Waals surface area contributed by atoms with Crippen molar-refractivity contribution in [3.8, 4) is 0 Å². The van der Waals surface area contributed by atoms with E-state index < -0.39 is 6.10 Å². The van der Waals surface area contributed by atoms with Crippen LogP contribution in [0.5, 0.6) is 0 Å². The Kier molecular flexibility index (Phi) is 5.19. The lowest BCUT2D eigenvalue weighted by Crippen LogP contribution is -2.36. The first kappa shape index (κ1) is 12.8. The molecule has 0 saturated carbocycles. The molecule has 0 spiro atoms.